The van der Waals surface area contributed by atoms with E-state index in [-0.39, 0.29) is 5.69 Å². The van der Waals surface area contributed by atoms with Crippen LogP contribution in [0.1, 0.15) is 32.2 Å². The predicted octanol–water partition coefficient (Wildman–Crippen LogP) is 1.39. The molecule has 0 amide bonds. The maximum absolute atomic E-state index is 11.6. The van der Waals surface area contributed by atoms with Crippen molar-refractivity contribution in [3.05, 3.63) is 22.9 Å². The Hall–Kier alpha value is -0.990. The van der Waals surface area contributed by atoms with Gasteiger partial charge in [0, 0.05) is 25.0 Å². The molecule has 12 heavy (non-hydrogen) atoms. The quantitative estimate of drug-likeness (QED) is 0.666. The van der Waals surface area contributed by atoms with Crippen molar-refractivity contribution in [1.29, 1.82) is 0 Å². The summed E-state index contributed by atoms with van der Waals surface area (Å²) in [6.45, 7) is 2.93. The van der Waals surface area contributed by atoms with Gasteiger partial charge in [-0.15, -0.1) is 0 Å². The molecule has 0 aliphatic heterocycles. The van der Waals surface area contributed by atoms with Crippen molar-refractivity contribution in [2.24, 2.45) is 0 Å². The lowest BCUT2D eigenvalue weighted by Crippen LogP contribution is -2.23. The lowest BCUT2D eigenvalue weighted by molar-refractivity contribution is 0.611. The number of nitrogens with zero attached hydrogens (tertiary/aromatic N) is 2. The zero-order valence-electron chi connectivity index (χ0n) is 7.36. The maximum Gasteiger partial charge on any atom is 0.328 e. The number of hydrogen-bond acceptors (Lipinski definition) is 1. The SMILES string of the molecule is CCCn1ccn(C2CC2)c1=O. The van der Waals surface area contributed by atoms with Crippen molar-refractivity contribution >= 4 is 0 Å². The van der Waals surface area contributed by atoms with Crippen molar-refractivity contribution in [3.8, 4) is 0 Å². The van der Waals surface area contributed by atoms with Gasteiger partial charge >= 0.3 is 5.69 Å². The fraction of sp³-hybridized carbons (Fsp3) is 0.667. The molecular formula is C9H14N2O. The van der Waals surface area contributed by atoms with Crippen LogP contribution in [-0.2, 0) is 6.54 Å². The minimum atomic E-state index is 0.166. The Morgan fingerprint density at radius 2 is 2.25 bits per heavy atom. The molecule has 1 aliphatic rings. The first-order valence-corrected chi connectivity index (χ1v) is 4.60. The highest BCUT2D eigenvalue weighted by atomic mass is 16.1. The van der Waals surface area contributed by atoms with Gasteiger partial charge in [0.15, 0.2) is 0 Å². The Morgan fingerprint density at radius 3 is 2.83 bits per heavy atom. The number of hydrogen-bond donors (Lipinski definition) is 0. The molecule has 66 valence electrons. The topological polar surface area (TPSA) is 26.9 Å². The molecule has 0 N–H and O–H groups in total. The van der Waals surface area contributed by atoms with Gasteiger partial charge in [0.25, 0.3) is 0 Å². The summed E-state index contributed by atoms with van der Waals surface area (Å²) in [5, 5.41) is 0. The Morgan fingerprint density at radius 1 is 1.50 bits per heavy atom. The van der Waals surface area contributed by atoms with E-state index in [4.69, 9.17) is 0 Å². The fourth-order valence-corrected chi connectivity index (χ4v) is 1.47. The molecule has 1 aromatic rings. The van der Waals surface area contributed by atoms with E-state index in [0.717, 1.165) is 13.0 Å². The van der Waals surface area contributed by atoms with Crippen LogP contribution in [0.4, 0.5) is 0 Å². The summed E-state index contributed by atoms with van der Waals surface area (Å²) in [6, 6.07) is 0.510. The minimum absolute atomic E-state index is 0.166. The van der Waals surface area contributed by atoms with Crippen LogP contribution in [0.25, 0.3) is 0 Å². The fourth-order valence-electron chi connectivity index (χ4n) is 1.47. The zero-order chi connectivity index (χ0) is 8.55. The van der Waals surface area contributed by atoms with E-state index >= 15 is 0 Å². The van der Waals surface area contributed by atoms with Crippen LogP contribution in [0.2, 0.25) is 0 Å². The highest BCUT2D eigenvalue weighted by molar-refractivity contribution is 4.91. The van der Waals surface area contributed by atoms with E-state index in [9.17, 15) is 4.79 Å². The summed E-state index contributed by atoms with van der Waals surface area (Å²) in [7, 11) is 0. The van der Waals surface area contributed by atoms with Gasteiger partial charge in [-0.2, -0.15) is 0 Å². The molecule has 0 unspecified atom stereocenters. The lowest BCUT2D eigenvalue weighted by atomic mass is 10.5. The summed E-state index contributed by atoms with van der Waals surface area (Å²) < 4.78 is 3.65. The van der Waals surface area contributed by atoms with Gasteiger partial charge in [0.1, 0.15) is 0 Å². The van der Waals surface area contributed by atoms with Crippen LogP contribution in [-0.4, -0.2) is 9.13 Å². The number of imidazole rings is 1. The van der Waals surface area contributed by atoms with Crippen molar-refractivity contribution in [1.82, 2.24) is 9.13 Å². The molecule has 1 fully saturated rings. The first-order valence-electron chi connectivity index (χ1n) is 4.60. The first kappa shape index (κ1) is 7.65. The Kier molecular flexibility index (Phi) is 1.79. The molecule has 3 heteroatoms. The van der Waals surface area contributed by atoms with E-state index in [0.29, 0.717) is 6.04 Å². The Balaban J connectivity index is 2.27. The molecule has 0 spiro atoms. The normalized spacial score (nSPS) is 16.8. The zero-order valence-corrected chi connectivity index (χ0v) is 7.36. The minimum Gasteiger partial charge on any atom is -0.299 e. The molecule has 1 heterocycles. The Bertz CT molecular complexity index is 320. The third-order valence-corrected chi connectivity index (χ3v) is 2.28. The Labute approximate surface area is 71.6 Å². The van der Waals surface area contributed by atoms with Crippen LogP contribution in [0, 0.1) is 0 Å². The van der Waals surface area contributed by atoms with Gasteiger partial charge < -0.3 is 0 Å². The molecule has 0 radical (unpaired) electrons. The molecule has 1 saturated carbocycles. The monoisotopic (exact) mass is 166 g/mol. The summed E-state index contributed by atoms with van der Waals surface area (Å²) >= 11 is 0. The van der Waals surface area contributed by atoms with Gasteiger partial charge in [-0.3, -0.25) is 9.13 Å². The number of rotatable bonds is 3. The lowest BCUT2D eigenvalue weighted by Gasteiger charge is -1.97. The van der Waals surface area contributed by atoms with Crippen molar-refractivity contribution < 1.29 is 0 Å². The van der Waals surface area contributed by atoms with Gasteiger partial charge in [-0.05, 0) is 19.3 Å². The van der Waals surface area contributed by atoms with Gasteiger partial charge in [-0.1, -0.05) is 6.92 Å². The van der Waals surface area contributed by atoms with Crippen LogP contribution in [0.15, 0.2) is 17.2 Å². The third kappa shape index (κ3) is 1.19. The second-order valence-corrected chi connectivity index (χ2v) is 3.41. The average molecular weight is 166 g/mol. The van der Waals surface area contributed by atoms with Crippen LogP contribution in [0.3, 0.4) is 0 Å². The molecule has 1 aromatic heterocycles. The summed E-state index contributed by atoms with van der Waals surface area (Å²) in [6.07, 6.45) is 7.18. The van der Waals surface area contributed by atoms with E-state index in [1.807, 2.05) is 17.0 Å². The van der Waals surface area contributed by atoms with Crippen LogP contribution in [0.5, 0.6) is 0 Å². The van der Waals surface area contributed by atoms with E-state index in [1.165, 1.54) is 12.8 Å². The molecule has 1 aliphatic carbocycles. The van der Waals surface area contributed by atoms with Crippen LogP contribution < -0.4 is 5.69 Å². The van der Waals surface area contributed by atoms with E-state index in [2.05, 4.69) is 6.92 Å². The third-order valence-electron chi connectivity index (χ3n) is 2.28. The molecule has 2 rings (SSSR count). The summed E-state index contributed by atoms with van der Waals surface area (Å²) in [5.41, 5.74) is 0.166. The van der Waals surface area contributed by atoms with Crippen LogP contribution >= 0.6 is 0 Å². The smallest absolute Gasteiger partial charge is 0.299 e. The van der Waals surface area contributed by atoms with Gasteiger partial charge in [-0.25, -0.2) is 4.79 Å². The summed E-state index contributed by atoms with van der Waals surface area (Å²) in [4.78, 5) is 11.6. The molecule has 3 nitrogen and oxygen atoms in total. The second kappa shape index (κ2) is 2.81. The predicted molar refractivity (Wildman–Crippen MR) is 47.3 cm³/mol. The second-order valence-electron chi connectivity index (χ2n) is 3.41. The summed E-state index contributed by atoms with van der Waals surface area (Å²) in [5.74, 6) is 0. The van der Waals surface area contributed by atoms with Crippen molar-refractivity contribution in [2.75, 3.05) is 0 Å². The maximum atomic E-state index is 11.6. The highest BCUT2D eigenvalue weighted by Crippen LogP contribution is 2.33. The molecule has 0 aromatic carbocycles. The largest absolute Gasteiger partial charge is 0.328 e. The average Bonchev–Trinajstić information content (AvgIpc) is 2.82. The number of aryl methyl sites for hydroxylation is 1. The highest BCUT2D eigenvalue weighted by Gasteiger charge is 2.25. The molecule has 0 bridgehead atoms. The van der Waals surface area contributed by atoms with Gasteiger partial charge in [0.05, 0.1) is 0 Å². The standard InChI is InChI=1S/C9H14N2O/c1-2-5-10-6-7-11(9(10)12)8-3-4-8/h6-8H,2-5H2,1H3. The van der Waals surface area contributed by atoms with E-state index < -0.39 is 0 Å². The first-order chi connectivity index (χ1) is 5.83. The van der Waals surface area contributed by atoms with Gasteiger partial charge in [0.2, 0.25) is 0 Å². The molecule has 0 atom stereocenters. The molecule has 0 saturated heterocycles. The van der Waals surface area contributed by atoms with E-state index in [1.54, 1.807) is 4.57 Å². The molecular weight excluding hydrogens is 152 g/mol. The number of aromatic nitrogens is 2. The van der Waals surface area contributed by atoms with Crippen molar-refractivity contribution in [3.63, 3.8) is 0 Å². The van der Waals surface area contributed by atoms with Crippen molar-refractivity contribution in [2.45, 2.75) is 38.8 Å².